The van der Waals surface area contributed by atoms with Crippen molar-refractivity contribution in [1.82, 2.24) is 0 Å². The third-order valence-electron chi connectivity index (χ3n) is 2.16. The zero-order valence-electron chi connectivity index (χ0n) is 9.28. The first-order chi connectivity index (χ1) is 8.15. The summed E-state index contributed by atoms with van der Waals surface area (Å²) in [6, 6.07) is 7.05. The number of hydrogen-bond acceptors (Lipinski definition) is 3. The van der Waals surface area contributed by atoms with E-state index in [1.165, 1.54) is 0 Å². The lowest BCUT2D eigenvalue weighted by Crippen LogP contribution is -2.10. The summed E-state index contributed by atoms with van der Waals surface area (Å²) in [4.78, 5) is 10.5. The van der Waals surface area contributed by atoms with E-state index in [9.17, 15) is 4.79 Å². The third-order valence-corrected chi connectivity index (χ3v) is 2.48. The van der Waals surface area contributed by atoms with Crippen LogP contribution in [-0.2, 0) is 4.79 Å². The number of primary amides is 1. The van der Waals surface area contributed by atoms with Gasteiger partial charge in [0.15, 0.2) is 0 Å². The molecule has 4 nitrogen and oxygen atoms in total. The Labute approximate surface area is 105 Å². The highest BCUT2D eigenvalue weighted by Crippen LogP contribution is 2.25. The van der Waals surface area contributed by atoms with Gasteiger partial charge in [-0.2, -0.15) is 5.26 Å². The Morgan fingerprint density at radius 3 is 2.88 bits per heavy atom. The normalized spacial score (nSPS) is 9.65. The van der Waals surface area contributed by atoms with Gasteiger partial charge in [0.25, 0.3) is 0 Å². The summed E-state index contributed by atoms with van der Waals surface area (Å²) in [5.41, 5.74) is 5.35. The van der Waals surface area contributed by atoms with Crippen LogP contribution >= 0.6 is 11.6 Å². The molecule has 1 rings (SSSR count). The van der Waals surface area contributed by atoms with Gasteiger partial charge >= 0.3 is 0 Å². The summed E-state index contributed by atoms with van der Waals surface area (Å²) in [5.74, 6) is 0.157. The molecule has 0 radical (unpaired) electrons. The number of hydrogen-bond donors (Lipinski definition) is 1. The van der Waals surface area contributed by atoms with Crippen molar-refractivity contribution in [3.8, 4) is 11.8 Å². The number of nitrogens with two attached hydrogens (primary N) is 1. The summed E-state index contributed by atoms with van der Waals surface area (Å²) >= 11 is 5.85. The molecule has 0 unspecified atom stereocenters. The molecule has 0 bridgehead atoms. The van der Waals surface area contributed by atoms with Gasteiger partial charge in [0.05, 0.1) is 11.6 Å². The quantitative estimate of drug-likeness (QED) is 0.789. The van der Waals surface area contributed by atoms with E-state index in [4.69, 9.17) is 27.3 Å². The summed E-state index contributed by atoms with van der Waals surface area (Å²) in [6.45, 7) is 0.433. The van der Waals surface area contributed by atoms with Crippen molar-refractivity contribution >= 4 is 17.5 Å². The molecule has 0 fully saturated rings. The molecule has 0 aromatic heterocycles. The molecule has 1 aromatic rings. The van der Waals surface area contributed by atoms with Gasteiger partial charge in [-0.15, -0.1) is 0 Å². The van der Waals surface area contributed by atoms with Crippen LogP contribution in [0.4, 0.5) is 0 Å². The monoisotopic (exact) mass is 252 g/mol. The van der Waals surface area contributed by atoms with Crippen LogP contribution in [0.25, 0.3) is 0 Å². The van der Waals surface area contributed by atoms with E-state index in [-0.39, 0.29) is 5.91 Å². The number of carbonyl (C=O) groups is 1. The van der Waals surface area contributed by atoms with Crippen molar-refractivity contribution in [3.05, 3.63) is 28.8 Å². The standard InChI is InChI=1S/C12H13ClN2O2/c13-10-4-3-5-11(9(10)8-14)17-7-2-1-6-12(15)16/h3-5H,1-2,6-7H2,(H2,15,16). The number of benzene rings is 1. The molecule has 90 valence electrons. The number of amides is 1. The average Bonchev–Trinajstić information content (AvgIpc) is 2.28. The summed E-state index contributed by atoms with van der Waals surface area (Å²) in [7, 11) is 0. The highest BCUT2D eigenvalue weighted by molar-refractivity contribution is 6.31. The second kappa shape index (κ2) is 6.77. The van der Waals surface area contributed by atoms with E-state index in [1.54, 1.807) is 18.2 Å². The van der Waals surface area contributed by atoms with Crippen LogP contribution < -0.4 is 10.5 Å². The van der Waals surface area contributed by atoms with Crippen LogP contribution in [0.15, 0.2) is 18.2 Å². The number of unbranched alkanes of at least 4 members (excludes halogenated alkanes) is 1. The second-order valence-corrected chi connectivity index (χ2v) is 3.90. The van der Waals surface area contributed by atoms with Gasteiger partial charge in [0.1, 0.15) is 17.4 Å². The molecule has 0 aliphatic rings. The predicted molar refractivity (Wildman–Crippen MR) is 64.7 cm³/mol. The van der Waals surface area contributed by atoms with Gasteiger partial charge in [0.2, 0.25) is 5.91 Å². The molecule has 17 heavy (non-hydrogen) atoms. The molecule has 0 atom stereocenters. The number of nitriles is 1. The largest absolute Gasteiger partial charge is 0.492 e. The van der Waals surface area contributed by atoms with E-state index in [0.29, 0.717) is 42.2 Å². The third kappa shape index (κ3) is 4.33. The van der Waals surface area contributed by atoms with Crippen molar-refractivity contribution < 1.29 is 9.53 Å². The van der Waals surface area contributed by atoms with Crippen molar-refractivity contribution in [2.75, 3.05) is 6.61 Å². The van der Waals surface area contributed by atoms with E-state index in [1.807, 2.05) is 6.07 Å². The summed E-state index contributed by atoms with van der Waals surface area (Å²) in [6.07, 6.45) is 1.74. The molecule has 1 amide bonds. The van der Waals surface area contributed by atoms with Crippen LogP contribution in [0, 0.1) is 11.3 Å². The van der Waals surface area contributed by atoms with Crippen LogP contribution in [0.3, 0.4) is 0 Å². The number of nitrogens with zero attached hydrogens (tertiary/aromatic N) is 1. The summed E-state index contributed by atoms with van der Waals surface area (Å²) in [5, 5.41) is 9.28. The molecule has 1 aromatic carbocycles. The highest BCUT2D eigenvalue weighted by atomic mass is 35.5. The Balaban J connectivity index is 2.45. The van der Waals surface area contributed by atoms with E-state index in [0.717, 1.165) is 0 Å². The smallest absolute Gasteiger partial charge is 0.217 e. The molecular weight excluding hydrogens is 240 g/mol. The average molecular weight is 253 g/mol. The molecule has 0 aliphatic carbocycles. The molecular formula is C12H13ClN2O2. The molecule has 0 aliphatic heterocycles. The van der Waals surface area contributed by atoms with Crippen LogP contribution in [-0.4, -0.2) is 12.5 Å². The van der Waals surface area contributed by atoms with Crippen LogP contribution in [0.1, 0.15) is 24.8 Å². The number of ether oxygens (including phenoxy) is 1. The number of carbonyl (C=O) groups excluding carboxylic acids is 1. The van der Waals surface area contributed by atoms with Crippen molar-refractivity contribution in [3.63, 3.8) is 0 Å². The van der Waals surface area contributed by atoms with Gasteiger partial charge in [-0.05, 0) is 25.0 Å². The fourth-order valence-corrected chi connectivity index (χ4v) is 1.52. The minimum Gasteiger partial charge on any atom is -0.492 e. The summed E-state index contributed by atoms with van der Waals surface area (Å²) < 4.78 is 5.43. The minimum absolute atomic E-state index is 0.314. The molecule has 0 saturated heterocycles. The Hall–Kier alpha value is -1.73. The van der Waals surface area contributed by atoms with E-state index in [2.05, 4.69) is 0 Å². The second-order valence-electron chi connectivity index (χ2n) is 3.50. The Bertz CT molecular complexity index is 441. The number of halogens is 1. The van der Waals surface area contributed by atoms with Crippen LogP contribution in [0.5, 0.6) is 5.75 Å². The minimum atomic E-state index is -0.314. The first-order valence-corrected chi connectivity index (χ1v) is 5.62. The SMILES string of the molecule is N#Cc1c(Cl)cccc1OCCCCC(N)=O. The molecule has 0 heterocycles. The van der Waals surface area contributed by atoms with E-state index >= 15 is 0 Å². The van der Waals surface area contributed by atoms with Gasteiger partial charge in [0, 0.05) is 6.42 Å². The Morgan fingerprint density at radius 2 is 2.24 bits per heavy atom. The van der Waals surface area contributed by atoms with Crippen molar-refractivity contribution in [2.24, 2.45) is 5.73 Å². The van der Waals surface area contributed by atoms with Gasteiger partial charge < -0.3 is 10.5 Å². The van der Waals surface area contributed by atoms with Gasteiger partial charge in [-0.3, -0.25) is 4.79 Å². The first-order valence-electron chi connectivity index (χ1n) is 5.25. The zero-order valence-corrected chi connectivity index (χ0v) is 10.0. The molecule has 0 spiro atoms. The fraction of sp³-hybridized carbons (Fsp3) is 0.333. The Morgan fingerprint density at radius 1 is 1.47 bits per heavy atom. The van der Waals surface area contributed by atoms with Crippen molar-refractivity contribution in [2.45, 2.75) is 19.3 Å². The first kappa shape index (κ1) is 13.3. The van der Waals surface area contributed by atoms with Gasteiger partial charge in [-0.1, -0.05) is 17.7 Å². The highest BCUT2D eigenvalue weighted by Gasteiger charge is 2.06. The van der Waals surface area contributed by atoms with Gasteiger partial charge in [-0.25, -0.2) is 0 Å². The lowest BCUT2D eigenvalue weighted by atomic mass is 10.2. The van der Waals surface area contributed by atoms with Crippen molar-refractivity contribution in [1.29, 1.82) is 5.26 Å². The zero-order chi connectivity index (χ0) is 12.7. The lowest BCUT2D eigenvalue weighted by molar-refractivity contribution is -0.118. The van der Waals surface area contributed by atoms with Crippen LogP contribution in [0.2, 0.25) is 5.02 Å². The predicted octanol–water partition coefficient (Wildman–Crippen LogP) is 2.25. The van der Waals surface area contributed by atoms with E-state index < -0.39 is 0 Å². The fourth-order valence-electron chi connectivity index (χ4n) is 1.32. The molecule has 0 saturated carbocycles. The topological polar surface area (TPSA) is 76.1 Å². The molecule has 5 heteroatoms. The lowest BCUT2D eigenvalue weighted by Gasteiger charge is -2.07. The maximum absolute atomic E-state index is 10.5. The Kier molecular flexibility index (Phi) is 5.31. The maximum atomic E-state index is 10.5. The number of rotatable bonds is 6. The molecule has 2 N–H and O–H groups in total. The maximum Gasteiger partial charge on any atom is 0.217 e.